The lowest BCUT2D eigenvalue weighted by Crippen LogP contribution is -2.26. The molecule has 0 saturated carbocycles. The van der Waals surface area contributed by atoms with Crippen molar-refractivity contribution in [3.8, 4) is 0 Å². The van der Waals surface area contributed by atoms with Crippen molar-refractivity contribution in [2.75, 3.05) is 5.32 Å². The molecule has 0 atom stereocenters. The first-order valence-corrected chi connectivity index (χ1v) is 3.61. The fourth-order valence-electron chi connectivity index (χ4n) is 1.15. The Labute approximate surface area is 69.1 Å². The van der Waals surface area contributed by atoms with Crippen LogP contribution in [0.4, 0.5) is 10.1 Å². The standard InChI is InChI=1S/C8H8FN3/c9-6-2-1-5-4-11-8(10)12-7(5)3-6/h1-3H,4H2,(H3,10,11,12). The summed E-state index contributed by atoms with van der Waals surface area (Å²) in [6.07, 6.45) is 0. The predicted octanol–water partition coefficient (Wildman–Crippen LogP) is 1.07. The van der Waals surface area contributed by atoms with Gasteiger partial charge < -0.3 is 11.1 Å². The normalized spacial score (nSPS) is 14.6. The van der Waals surface area contributed by atoms with Crippen LogP contribution in [-0.2, 0) is 6.54 Å². The first-order chi connectivity index (χ1) is 5.75. The summed E-state index contributed by atoms with van der Waals surface area (Å²) in [5.74, 6) is 0.0732. The Morgan fingerprint density at radius 1 is 1.50 bits per heavy atom. The number of halogens is 1. The van der Waals surface area contributed by atoms with Crippen LogP contribution >= 0.6 is 0 Å². The lowest BCUT2D eigenvalue weighted by molar-refractivity contribution is 0.627. The fraction of sp³-hybridized carbons (Fsp3) is 0.125. The minimum atomic E-state index is -0.268. The molecule has 3 nitrogen and oxygen atoms in total. The molecular formula is C8H8FN3. The van der Waals surface area contributed by atoms with Crippen molar-refractivity contribution >= 4 is 11.6 Å². The number of benzene rings is 1. The summed E-state index contributed by atoms with van der Waals surface area (Å²) in [6, 6.07) is 4.53. The van der Waals surface area contributed by atoms with E-state index in [-0.39, 0.29) is 5.82 Å². The highest BCUT2D eigenvalue weighted by Gasteiger charge is 2.08. The van der Waals surface area contributed by atoms with Crippen LogP contribution in [0.1, 0.15) is 5.56 Å². The van der Waals surface area contributed by atoms with Gasteiger partial charge in [0.2, 0.25) is 0 Å². The average molecular weight is 165 g/mol. The molecule has 0 radical (unpaired) electrons. The van der Waals surface area contributed by atoms with E-state index in [2.05, 4.69) is 10.3 Å². The molecule has 1 heterocycles. The number of aliphatic imine (C=N–C) groups is 1. The van der Waals surface area contributed by atoms with Crippen molar-refractivity contribution in [3.05, 3.63) is 29.6 Å². The van der Waals surface area contributed by atoms with Crippen molar-refractivity contribution in [1.82, 2.24) is 0 Å². The molecule has 1 aromatic rings. The van der Waals surface area contributed by atoms with E-state index in [1.807, 2.05) is 0 Å². The molecule has 4 heteroatoms. The third-order valence-electron chi connectivity index (χ3n) is 1.75. The van der Waals surface area contributed by atoms with Gasteiger partial charge in [0.25, 0.3) is 0 Å². The molecule has 1 aliphatic heterocycles. The second kappa shape index (κ2) is 2.48. The van der Waals surface area contributed by atoms with Crippen LogP contribution in [0.2, 0.25) is 0 Å². The van der Waals surface area contributed by atoms with Crippen LogP contribution in [0.3, 0.4) is 0 Å². The number of nitrogens with two attached hydrogens (primary N) is 1. The van der Waals surface area contributed by atoms with Crippen molar-refractivity contribution < 1.29 is 4.39 Å². The Hall–Kier alpha value is -1.58. The monoisotopic (exact) mass is 165 g/mol. The quantitative estimate of drug-likeness (QED) is 0.604. The van der Waals surface area contributed by atoms with E-state index >= 15 is 0 Å². The minimum absolute atomic E-state index is 0.268. The Bertz CT molecular complexity index is 346. The van der Waals surface area contributed by atoms with Gasteiger partial charge in [-0.3, -0.25) is 0 Å². The second-order valence-electron chi connectivity index (χ2n) is 2.63. The first kappa shape index (κ1) is 7.09. The van der Waals surface area contributed by atoms with Gasteiger partial charge in [-0.15, -0.1) is 0 Å². The Morgan fingerprint density at radius 3 is 3.17 bits per heavy atom. The van der Waals surface area contributed by atoms with E-state index < -0.39 is 0 Å². The zero-order valence-corrected chi connectivity index (χ0v) is 6.34. The van der Waals surface area contributed by atoms with Gasteiger partial charge in [-0.2, -0.15) is 0 Å². The molecule has 62 valence electrons. The topological polar surface area (TPSA) is 50.4 Å². The van der Waals surface area contributed by atoms with E-state index in [1.165, 1.54) is 12.1 Å². The Morgan fingerprint density at radius 2 is 2.33 bits per heavy atom. The number of nitrogens with one attached hydrogen (secondary N) is 1. The molecule has 0 amide bonds. The number of fused-ring (bicyclic) bond motifs is 1. The highest BCUT2D eigenvalue weighted by Crippen LogP contribution is 2.20. The van der Waals surface area contributed by atoms with Gasteiger partial charge in [-0.05, 0) is 17.7 Å². The summed E-state index contributed by atoms with van der Waals surface area (Å²) in [7, 11) is 0. The van der Waals surface area contributed by atoms with Gasteiger partial charge in [0.1, 0.15) is 5.82 Å². The summed E-state index contributed by atoms with van der Waals surface area (Å²) in [5.41, 5.74) is 7.09. The lowest BCUT2D eigenvalue weighted by atomic mass is 10.1. The number of nitrogens with zero attached hydrogens (tertiary/aromatic N) is 1. The number of guanidine groups is 1. The molecule has 2 rings (SSSR count). The largest absolute Gasteiger partial charge is 0.370 e. The van der Waals surface area contributed by atoms with Crippen LogP contribution in [0.25, 0.3) is 0 Å². The third-order valence-corrected chi connectivity index (χ3v) is 1.75. The molecule has 0 saturated heterocycles. The van der Waals surface area contributed by atoms with Crippen LogP contribution in [0.15, 0.2) is 23.2 Å². The molecule has 0 aliphatic carbocycles. The highest BCUT2D eigenvalue weighted by molar-refractivity contribution is 5.94. The zero-order chi connectivity index (χ0) is 8.55. The highest BCUT2D eigenvalue weighted by atomic mass is 19.1. The van der Waals surface area contributed by atoms with Gasteiger partial charge >= 0.3 is 0 Å². The number of hydrogen-bond acceptors (Lipinski definition) is 3. The van der Waals surface area contributed by atoms with Crippen LogP contribution in [0.5, 0.6) is 0 Å². The maximum absolute atomic E-state index is 12.7. The maximum Gasteiger partial charge on any atom is 0.193 e. The minimum Gasteiger partial charge on any atom is -0.370 e. The summed E-state index contributed by atoms with van der Waals surface area (Å²) in [4.78, 5) is 3.96. The van der Waals surface area contributed by atoms with Crippen LogP contribution in [-0.4, -0.2) is 5.96 Å². The van der Waals surface area contributed by atoms with Crippen molar-refractivity contribution in [3.63, 3.8) is 0 Å². The van der Waals surface area contributed by atoms with E-state index in [0.717, 1.165) is 5.56 Å². The van der Waals surface area contributed by atoms with Crippen molar-refractivity contribution in [1.29, 1.82) is 0 Å². The molecule has 0 bridgehead atoms. The summed E-state index contributed by atoms with van der Waals surface area (Å²) in [6.45, 7) is 0.522. The van der Waals surface area contributed by atoms with E-state index in [0.29, 0.717) is 18.2 Å². The van der Waals surface area contributed by atoms with Crippen LogP contribution < -0.4 is 11.1 Å². The third kappa shape index (κ3) is 1.11. The number of rotatable bonds is 0. The molecule has 0 unspecified atom stereocenters. The summed E-state index contributed by atoms with van der Waals surface area (Å²) in [5, 5.41) is 2.79. The smallest absolute Gasteiger partial charge is 0.193 e. The molecule has 0 fully saturated rings. The Balaban J connectivity index is 2.43. The lowest BCUT2D eigenvalue weighted by Gasteiger charge is -2.14. The van der Waals surface area contributed by atoms with Gasteiger partial charge in [-0.25, -0.2) is 9.38 Å². The predicted molar refractivity (Wildman–Crippen MR) is 45.3 cm³/mol. The molecule has 1 aliphatic rings. The molecule has 1 aromatic carbocycles. The maximum atomic E-state index is 12.7. The Kier molecular flexibility index (Phi) is 1.46. The van der Waals surface area contributed by atoms with Crippen molar-refractivity contribution in [2.45, 2.75) is 6.54 Å². The van der Waals surface area contributed by atoms with Gasteiger partial charge in [0, 0.05) is 5.69 Å². The van der Waals surface area contributed by atoms with Gasteiger partial charge in [0.15, 0.2) is 5.96 Å². The molecular weight excluding hydrogens is 157 g/mol. The molecule has 0 aromatic heterocycles. The SMILES string of the molecule is NC1=NCc2ccc(F)cc2N1. The summed E-state index contributed by atoms with van der Waals surface area (Å²) >= 11 is 0. The number of hydrogen-bond donors (Lipinski definition) is 2. The molecule has 12 heavy (non-hydrogen) atoms. The number of anilines is 1. The fourth-order valence-corrected chi connectivity index (χ4v) is 1.15. The van der Waals surface area contributed by atoms with Crippen LogP contribution in [0, 0.1) is 5.82 Å². The zero-order valence-electron chi connectivity index (χ0n) is 6.34. The van der Waals surface area contributed by atoms with E-state index in [1.54, 1.807) is 6.07 Å². The molecule has 0 spiro atoms. The molecule has 3 N–H and O–H groups in total. The first-order valence-electron chi connectivity index (χ1n) is 3.61. The average Bonchev–Trinajstić information content (AvgIpc) is 2.03. The van der Waals surface area contributed by atoms with E-state index in [9.17, 15) is 4.39 Å². The second-order valence-corrected chi connectivity index (χ2v) is 2.63. The van der Waals surface area contributed by atoms with Gasteiger partial charge in [0.05, 0.1) is 6.54 Å². The van der Waals surface area contributed by atoms with Gasteiger partial charge in [-0.1, -0.05) is 6.07 Å². The van der Waals surface area contributed by atoms with Crippen molar-refractivity contribution in [2.24, 2.45) is 10.7 Å². The van der Waals surface area contributed by atoms with E-state index in [4.69, 9.17) is 5.73 Å². The summed E-state index contributed by atoms with van der Waals surface area (Å²) < 4.78 is 12.7.